The maximum absolute atomic E-state index is 12.4. The molecular weight excluding hydrogens is 534 g/mol. The molecule has 0 aromatic rings. The van der Waals surface area contributed by atoms with Gasteiger partial charge in [-0.2, -0.15) is 0 Å². The van der Waals surface area contributed by atoms with Crippen LogP contribution in [0, 0.1) is 10.8 Å². The molecule has 0 atom stereocenters. The number of ketones is 1. The second-order valence-corrected chi connectivity index (χ2v) is 14.3. The van der Waals surface area contributed by atoms with Crippen LogP contribution in [-0.2, 0) is 4.79 Å². The second-order valence-electron chi connectivity index (χ2n) is 14.3. The lowest BCUT2D eigenvalue weighted by atomic mass is 9.72. The fourth-order valence-corrected chi connectivity index (χ4v) is 6.19. The van der Waals surface area contributed by atoms with Gasteiger partial charge in [0.25, 0.3) is 0 Å². The molecule has 2 heteroatoms. The van der Waals surface area contributed by atoms with Gasteiger partial charge in [-0.3, -0.25) is 4.79 Å². The van der Waals surface area contributed by atoms with E-state index in [0.717, 1.165) is 5.57 Å². The van der Waals surface area contributed by atoms with Crippen LogP contribution in [0.1, 0.15) is 114 Å². The van der Waals surface area contributed by atoms with Crippen molar-refractivity contribution in [2.75, 3.05) is 13.1 Å². The Hall–Kier alpha value is -2.97. The summed E-state index contributed by atoms with van der Waals surface area (Å²) in [5, 5.41) is 3.26. The maximum atomic E-state index is 12.4. The van der Waals surface area contributed by atoms with Gasteiger partial charge in [-0.25, -0.2) is 0 Å². The number of rotatable bonds is 14. The summed E-state index contributed by atoms with van der Waals surface area (Å²) < 4.78 is 0. The minimum absolute atomic E-state index is 0.199. The lowest BCUT2D eigenvalue weighted by Crippen LogP contribution is -2.22. The van der Waals surface area contributed by atoms with Gasteiger partial charge in [0.1, 0.15) is 5.78 Å². The molecule has 2 rings (SSSR count). The summed E-state index contributed by atoms with van der Waals surface area (Å²) >= 11 is 0. The molecule has 44 heavy (non-hydrogen) atoms. The summed E-state index contributed by atoms with van der Waals surface area (Å²) in [6, 6.07) is 0. The van der Waals surface area contributed by atoms with Gasteiger partial charge in [-0.05, 0) is 102 Å². The Balaban J connectivity index is 1.74. The predicted octanol–water partition coefficient (Wildman–Crippen LogP) is 11.6. The van der Waals surface area contributed by atoms with Gasteiger partial charge in [0, 0.05) is 13.0 Å². The van der Waals surface area contributed by atoms with Gasteiger partial charge in [0.15, 0.2) is 0 Å². The first-order valence-corrected chi connectivity index (χ1v) is 16.7. The van der Waals surface area contributed by atoms with Crippen LogP contribution in [-0.4, -0.2) is 18.9 Å². The molecule has 0 radical (unpaired) electrons. The largest absolute Gasteiger partial charge is 0.306 e. The molecule has 0 aromatic heterocycles. The lowest BCUT2D eigenvalue weighted by Gasteiger charge is -2.33. The summed E-state index contributed by atoms with van der Waals surface area (Å²) in [5.41, 5.74) is 11.3. The fourth-order valence-electron chi connectivity index (χ4n) is 6.19. The summed E-state index contributed by atoms with van der Waals surface area (Å²) in [6.45, 7) is 23.5. The van der Waals surface area contributed by atoms with Crippen molar-refractivity contribution in [3.8, 4) is 0 Å². The fraction of sp³-hybridized carbons (Fsp3) is 0.500. The maximum Gasteiger partial charge on any atom is 0.150 e. The van der Waals surface area contributed by atoms with Crippen molar-refractivity contribution in [1.82, 2.24) is 5.32 Å². The van der Waals surface area contributed by atoms with Crippen LogP contribution in [0.25, 0.3) is 0 Å². The van der Waals surface area contributed by atoms with E-state index in [4.69, 9.17) is 0 Å². The average Bonchev–Trinajstić information content (AvgIpc) is 2.93. The van der Waals surface area contributed by atoms with Crippen LogP contribution >= 0.6 is 0 Å². The number of hydrogen-bond donors (Lipinski definition) is 1. The van der Waals surface area contributed by atoms with Crippen LogP contribution in [0.5, 0.6) is 0 Å². The standard InChI is InChI=1S/C42H61NO/c1-32(15-11-16-33(2)22-25-39-36(5)19-13-28-41(39,7)8)21-24-38(44)31-43-30-27-35(4)18-12-17-34(3)23-26-40-37(6)20-14-29-42(40,9)10/h11-12,15-18,21-23,25-27,43H,13-14,19-20,24,28-31H2,1-10H3. The van der Waals surface area contributed by atoms with E-state index in [1.807, 2.05) is 6.08 Å². The molecule has 2 aliphatic rings. The van der Waals surface area contributed by atoms with E-state index in [9.17, 15) is 4.79 Å². The van der Waals surface area contributed by atoms with Gasteiger partial charge < -0.3 is 5.32 Å². The molecule has 0 unspecified atom stereocenters. The molecule has 0 spiro atoms. The molecule has 2 aliphatic carbocycles. The molecule has 0 fully saturated rings. The molecule has 0 heterocycles. The van der Waals surface area contributed by atoms with Crippen molar-refractivity contribution in [2.45, 2.75) is 114 Å². The highest BCUT2D eigenvalue weighted by atomic mass is 16.1. The molecule has 0 saturated heterocycles. The molecule has 0 saturated carbocycles. The van der Waals surface area contributed by atoms with E-state index in [2.05, 4.69) is 141 Å². The average molecular weight is 596 g/mol. The Morgan fingerprint density at radius 2 is 1.14 bits per heavy atom. The van der Waals surface area contributed by atoms with Gasteiger partial charge in [-0.15, -0.1) is 0 Å². The molecule has 240 valence electrons. The number of carbonyl (C=O) groups is 1. The predicted molar refractivity (Wildman–Crippen MR) is 195 cm³/mol. The summed E-state index contributed by atoms with van der Waals surface area (Å²) in [4.78, 5) is 12.4. The van der Waals surface area contributed by atoms with Crippen molar-refractivity contribution >= 4 is 5.78 Å². The molecular formula is C42H61NO. The third kappa shape index (κ3) is 13.3. The Kier molecular flexibility index (Phi) is 15.3. The number of Topliss-reactive ketones (excluding diaryl/α,β-unsaturated/α-hetero) is 1. The van der Waals surface area contributed by atoms with Crippen LogP contribution in [0.4, 0.5) is 0 Å². The van der Waals surface area contributed by atoms with Crippen LogP contribution in [0.15, 0.2) is 117 Å². The van der Waals surface area contributed by atoms with Crippen LogP contribution in [0.2, 0.25) is 0 Å². The Morgan fingerprint density at radius 3 is 1.59 bits per heavy atom. The normalized spacial score (nSPS) is 20.8. The van der Waals surface area contributed by atoms with Crippen molar-refractivity contribution in [2.24, 2.45) is 10.8 Å². The van der Waals surface area contributed by atoms with Gasteiger partial charge >= 0.3 is 0 Å². The molecule has 0 bridgehead atoms. The van der Waals surface area contributed by atoms with Crippen LogP contribution in [0.3, 0.4) is 0 Å². The first kappa shape index (κ1) is 37.2. The van der Waals surface area contributed by atoms with Crippen molar-refractivity contribution < 1.29 is 4.79 Å². The first-order valence-electron chi connectivity index (χ1n) is 16.7. The SMILES string of the molecule is CC(C=CC1=C(C)CCCC1(C)C)=CC=CC(C)=CCNCC(=O)CC=C(C)C=CC=C(C)C=CC1=C(C)CCCC1(C)C. The highest BCUT2D eigenvalue weighted by Crippen LogP contribution is 2.41. The van der Waals surface area contributed by atoms with E-state index in [0.29, 0.717) is 19.5 Å². The van der Waals surface area contributed by atoms with E-state index >= 15 is 0 Å². The third-order valence-corrected chi connectivity index (χ3v) is 9.09. The van der Waals surface area contributed by atoms with Crippen LogP contribution < -0.4 is 5.32 Å². The number of nitrogens with one attached hydrogen (secondary N) is 1. The van der Waals surface area contributed by atoms with Crippen molar-refractivity contribution in [3.05, 3.63) is 117 Å². The minimum atomic E-state index is 0.199. The van der Waals surface area contributed by atoms with Crippen molar-refractivity contribution in [3.63, 3.8) is 0 Å². The van der Waals surface area contributed by atoms with Gasteiger partial charge in [0.2, 0.25) is 0 Å². The minimum Gasteiger partial charge on any atom is -0.306 e. The van der Waals surface area contributed by atoms with Gasteiger partial charge in [0.05, 0.1) is 6.54 Å². The van der Waals surface area contributed by atoms with E-state index in [-0.39, 0.29) is 16.6 Å². The quantitative estimate of drug-likeness (QED) is 0.160. The topological polar surface area (TPSA) is 29.1 Å². The number of carbonyl (C=O) groups excluding carboxylic acids is 1. The monoisotopic (exact) mass is 595 g/mol. The molecule has 0 aromatic carbocycles. The van der Waals surface area contributed by atoms with E-state index in [1.165, 1.54) is 77.5 Å². The Labute approximate surface area is 271 Å². The van der Waals surface area contributed by atoms with E-state index in [1.54, 1.807) is 0 Å². The highest BCUT2D eigenvalue weighted by Gasteiger charge is 2.27. The molecule has 0 amide bonds. The molecule has 1 N–H and O–H groups in total. The molecule has 2 nitrogen and oxygen atoms in total. The molecule has 0 aliphatic heterocycles. The number of hydrogen-bond acceptors (Lipinski definition) is 2. The van der Waals surface area contributed by atoms with Crippen molar-refractivity contribution in [1.29, 1.82) is 0 Å². The van der Waals surface area contributed by atoms with Gasteiger partial charge in [-0.1, -0.05) is 134 Å². The summed E-state index contributed by atoms with van der Waals surface area (Å²) in [5.74, 6) is 0.199. The zero-order chi connectivity index (χ0) is 32.8. The third-order valence-electron chi connectivity index (χ3n) is 9.09. The Morgan fingerprint density at radius 1 is 0.682 bits per heavy atom. The zero-order valence-electron chi connectivity index (χ0n) is 29.7. The lowest BCUT2D eigenvalue weighted by molar-refractivity contribution is -0.117. The summed E-state index contributed by atoms with van der Waals surface area (Å²) in [6.07, 6.45) is 33.9. The smallest absolute Gasteiger partial charge is 0.150 e. The highest BCUT2D eigenvalue weighted by molar-refractivity contribution is 5.82. The number of allylic oxidation sites excluding steroid dienone is 19. The zero-order valence-corrected chi connectivity index (χ0v) is 29.7. The second kappa shape index (κ2) is 18.1. The Bertz CT molecular complexity index is 1310. The first-order chi connectivity index (χ1) is 20.7. The van der Waals surface area contributed by atoms with E-state index < -0.39 is 0 Å². The summed E-state index contributed by atoms with van der Waals surface area (Å²) in [7, 11) is 0.